The Balaban J connectivity index is 1.90. The van der Waals surface area contributed by atoms with Crippen molar-refractivity contribution in [2.24, 2.45) is 0 Å². The second kappa shape index (κ2) is 6.78. The SMILES string of the molecule is Nc1cc(C(=O)N2CCC(OCC(=O)O)CC2)ccc1Cl. The van der Waals surface area contributed by atoms with Gasteiger partial charge in [-0.3, -0.25) is 4.79 Å². The number of likely N-dealkylation sites (tertiary alicyclic amines) is 1. The summed E-state index contributed by atoms with van der Waals surface area (Å²) in [7, 11) is 0. The van der Waals surface area contributed by atoms with Gasteiger partial charge < -0.3 is 20.5 Å². The van der Waals surface area contributed by atoms with Crippen LogP contribution < -0.4 is 5.73 Å². The van der Waals surface area contributed by atoms with Gasteiger partial charge in [-0.1, -0.05) is 11.6 Å². The van der Waals surface area contributed by atoms with E-state index in [1.54, 1.807) is 23.1 Å². The fourth-order valence-electron chi connectivity index (χ4n) is 2.27. The first-order valence-electron chi connectivity index (χ1n) is 6.65. The summed E-state index contributed by atoms with van der Waals surface area (Å²) in [6.07, 6.45) is 1.14. The molecule has 1 heterocycles. The van der Waals surface area contributed by atoms with Gasteiger partial charge in [0.2, 0.25) is 0 Å². The Bertz CT molecular complexity index is 542. The van der Waals surface area contributed by atoms with Crippen molar-refractivity contribution >= 4 is 29.2 Å². The lowest BCUT2D eigenvalue weighted by molar-refractivity contribution is -0.145. The zero-order chi connectivity index (χ0) is 15.4. The molecule has 0 saturated carbocycles. The lowest BCUT2D eigenvalue weighted by Gasteiger charge is -2.31. The smallest absolute Gasteiger partial charge is 0.329 e. The van der Waals surface area contributed by atoms with E-state index in [0.717, 1.165) is 0 Å². The molecule has 1 aliphatic heterocycles. The number of hydrogen-bond donors (Lipinski definition) is 2. The normalized spacial score (nSPS) is 16.0. The van der Waals surface area contributed by atoms with Crippen LogP contribution in [0.25, 0.3) is 0 Å². The van der Waals surface area contributed by atoms with Crippen LogP contribution in [-0.4, -0.2) is 47.7 Å². The number of nitrogen functional groups attached to an aromatic ring is 1. The highest BCUT2D eigenvalue weighted by Crippen LogP contribution is 2.22. The molecule has 0 aromatic heterocycles. The van der Waals surface area contributed by atoms with E-state index in [2.05, 4.69) is 0 Å². The van der Waals surface area contributed by atoms with Crippen molar-refractivity contribution in [3.05, 3.63) is 28.8 Å². The van der Waals surface area contributed by atoms with E-state index in [1.807, 2.05) is 0 Å². The molecule has 3 N–H and O–H groups in total. The third kappa shape index (κ3) is 4.09. The number of nitrogens with zero attached hydrogens (tertiary/aromatic N) is 1. The van der Waals surface area contributed by atoms with Gasteiger partial charge in [-0.2, -0.15) is 0 Å². The van der Waals surface area contributed by atoms with Gasteiger partial charge >= 0.3 is 5.97 Å². The largest absolute Gasteiger partial charge is 0.480 e. The van der Waals surface area contributed by atoms with Crippen molar-refractivity contribution < 1.29 is 19.4 Å². The summed E-state index contributed by atoms with van der Waals surface area (Å²) in [6, 6.07) is 4.82. The molecule has 7 heteroatoms. The van der Waals surface area contributed by atoms with Gasteiger partial charge in [0.25, 0.3) is 5.91 Å². The van der Waals surface area contributed by atoms with Gasteiger partial charge in [-0.15, -0.1) is 0 Å². The number of piperidine rings is 1. The third-order valence-corrected chi connectivity index (χ3v) is 3.76. The van der Waals surface area contributed by atoms with Crippen molar-refractivity contribution in [3.8, 4) is 0 Å². The predicted octanol–water partition coefficient (Wildman–Crippen LogP) is 1.63. The number of amides is 1. The Kier molecular flexibility index (Phi) is 5.03. The monoisotopic (exact) mass is 312 g/mol. The number of anilines is 1. The minimum atomic E-state index is -0.981. The van der Waals surface area contributed by atoms with E-state index in [-0.39, 0.29) is 18.6 Å². The van der Waals surface area contributed by atoms with Gasteiger partial charge in [0, 0.05) is 18.7 Å². The zero-order valence-corrected chi connectivity index (χ0v) is 12.2. The van der Waals surface area contributed by atoms with Crippen LogP contribution in [0.1, 0.15) is 23.2 Å². The highest BCUT2D eigenvalue weighted by molar-refractivity contribution is 6.33. The summed E-state index contributed by atoms with van der Waals surface area (Å²) >= 11 is 5.84. The van der Waals surface area contributed by atoms with Crippen molar-refractivity contribution in [1.29, 1.82) is 0 Å². The molecule has 2 rings (SSSR count). The Hall–Kier alpha value is -1.79. The Labute approximate surface area is 127 Å². The minimum Gasteiger partial charge on any atom is -0.480 e. The molecule has 0 bridgehead atoms. The summed E-state index contributed by atoms with van der Waals surface area (Å²) in [6.45, 7) is 0.767. The number of rotatable bonds is 4. The highest BCUT2D eigenvalue weighted by Gasteiger charge is 2.24. The first-order chi connectivity index (χ1) is 9.97. The Morgan fingerprint density at radius 3 is 2.62 bits per heavy atom. The number of benzene rings is 1. The number of carboxylic acids is 1. The number of carbonyl (C=O) groups is 2. The average Bonchev–Trinajstić information content (AvgIpc) is 2.48. The molecule has 1 saturated heterocycles. The maximum atomic E-state index is 12.3. The average molecular weight is 313 g/mol. The molecule has 0 atom stereocenters. The number of aliphatic carboxylic acids is 1. The van der Waals surface area contributed by atoms with Crippen molar-refractivity contribution in [2.45, 2.75) is 18.9 Å². The quantitative estimate of drug-likeness (QED) is 0.824. The van der Waals surface area contributed by atoms with Crippen LogP contribution in [0.4, 0.5) is 5.69 Å². The van der Waals surface area contributed by atoms with Gasteiger partial charge in [-0.05, 0) is 31.0 Å². The minimum absolute atomic E-state index is 0.102. The molecule has 6 nitrogen and oxygen atoms in total. The summed E-state index contributed by atoms with van der Waals surface area (Å²) in [5.74, 6) is -1.08. The summed E-state index contributed by atoms with van der Waals surface area (Å²) in [5.41, 5.74) is 6.58. The third-order valence-electron chi connectivity index (χ3n) is 3.41. The van der Waals surface area contributed by atoms with Crippen LogP contribution in [-0.2, 0) is 9.53 Å². The van der Waals surface area contributed by atoms with E-state index in [9.17, 15) is 9.59 Å². The van der Waals surface area contributed by atoms with Crippen LogP contribution >= 0.6 is 11.6 Å². The van der Waals surface area contributed by atoms with Crippen LogP contribution in [0.2, 0.25) is 5.02 Å². The Morgan fingerprint density at radius 1 is 1.38 bits per heavy atom. The summed E-state index contributed by atoms with van der Waals surface area (Å²) in [5, 5.41) is 8.99. The summed E-state index contributed by atoms with van der Waals surface area (Å²) < 4.78 is 5.24. The first kappa shape index (κ1) is 15.6. The number of hydrogen-bond acceptors (Lipinski definition) is 4. The molecular weight excluding hydrogens is 296 g/mol. The second-order valence-corrected chi connectivity index (χ2v) is 5.34. The predicted molar refractivity (Wildman–Crippen MR) is 78.4 cm³/mol. The van der Waals surface area contributed by atoms with Crippen molar-refractivity contribution in [1.82, 2.24) is 4.90 Å². The Morgan fingerprint density at radius 2 is 2.05 bits per heavy atom. The number of nitrogens with two attached hydrogens (primary N) is 1. The van der Waals surface area contributed by atoms with Crippen molar-refractivity contribution in [3.63, 3.8) is 0 Å². The van der Waals surface area contributed by atoms with E-state index in [1.165, 1.54) is 0 Å². The fraction of sp³-hybridized carbons (Fsp3) is 0.429. The molecule has 0 unspecified atom stereocenters. The molecule has 1 amide bonds. The molecule has 114 valence electrons. The zero-order valence-electron chi connectivity index (χ0n) is 11.4. The topological polar surface area (TPSA) is 92.9 Å². The molecule has 0 radical (unpaired) electrons. The second-order valence-electron chi connectivity index (χ2n) is 4.93. The fourth-order valence-corrected chi connectivity index (χ4v) is 2.39. The molecule has 0 spiro atoms. The van der Waals surface area contributed by atoms with E-state index in [4.69, 9.17) is 27.2 Å². The molecule has 1 fully saturated rings. The van der Waals surface area contributed by atoms with Gasteiger partial charge in [-0.25, -0.2) is 4.79 Å². The lowest BCUT2D eigenvalue weighted by Crippen LogP contribution is -2.41. The lowest BCUT2D eigenvalue weighted by atomic mass is 10.1. The van der Waals surface area contributed by atoms with E-state index >= 15 is 0 Å². The van der Waals surface area contributed by atoms with E-state index in [0.29, 0.717) is 42.2 Å². The maximum Gasteiger partial charge on any atom is 0.329 e. The number of ether oxygens (including phenoxy) is 1. The molecule has 21 heavy (non-hydrogen) atoms. The maximum absolute atomic E-state index is 12.3. The molecule has 1 aromatic carbocycles. The van der Waals surface area contributed by atoms with Gasteiger partial charge in [0.15, 0.2) is 0 Å². The van der Waals surface area contributed by atoms with Crippen molar-refractivity contribution in [2.75, 3.05) is 25.4 Å². The van der Waals surface area contributed by atoms with Crippen LogP contribution in [0.5, 0.6) is 0 Å². The standard InChI is InChI=1S/C14H17ClN2O4/c15-11-2-1-9(7-12(11)16)14(20)17-5-3-10(4-6-17)21-8-13(18)19/h1-2,7,10H,3-6,8,16H2,(H,18,19). The number of carbonyl (C=O) groups excluding carboxylic acids is 1. The van der Waals surface area contributed by atoms with Gasteiger partial charge in [0.1, 0.15) is 6.61 Å². The number of carboxylic acid groups (broad SMARTS) is 1. The summed E-state index contributed by atoms with van der Waals surface area (Å²) in [4.78, 5) is 24.5. The number of halogens is 1. The molecular formula is C14H17ClN2O4. The molecule has 0 aliphatic carbocycles. The van der Waals surface area contributed by atoms with Crippen LogP contribution in [0, 0.1) is 0 Å². The molecule has 1 aromatic rings. The van der Waals surface area contributed by atoms with Crippen LogP contribution in [0.3, 0.4) is 0 Å². The van der Waals surface area contributed by atoms with Crippen LogP contribution in [0.15, 0.2) is 18.2 Å². The van der Waals surface area contributed by atoms with E-state index < -0.39 is 5.97 Å². The highest BCUT2D eigenvalue weighted by atomic mass is 35.5. The first-order valence-corrected chi connectivity index (χ1v) is 7.03. The molecule has 1 aliphatic rings. The van der Waals surface area contributed by atoms with Gasteiger partial charge in [0.05, 0.1) is 16.8 Å².